The average Bonchev–Trinajstić information content (AvgIpc) is 2.50. The van der Waals surface area contributed by atoms with Crippen LogP contribution in [0, 0.1) is 27.7 Å². The van der Waals surface area contributed by atoms with Gasteiger partial charge >= 0.3 is 6.03 Å². The number of benzene rings is 1. The molecule has 0 atom stereocenters. The SMILES string of the molecule is Cc1cc(C)c2c(n1)SCCN2C(=O)Nc1cccc(C)c1C. The van der Waals surface area contributed by atoms with Gasteiger partial charge in [-0.1, -0.05) is 12.1 Å². The summed E-state index contributed by atoms with van der Waals surface area (Å²) in [5, 5.41) is 4.00. The maximum atomic E-state index is 12.8. The molecule has 0 aliphatic carbocycles. The van der Waals surface area contributed by atoms with E-state index in [2.05, 4.69) is 23.3 Å². The first-order valence-electron chi connectivity index (χ1n) is 7.73. The molecule has 4 nitrogen and oxygen atoms in total. The van der Waals surface area contributed by atoms with E-state index >= 15 is 0 Å². The van der Waals surface area contributed by atoms with Crippen LogP contribution in [0.5, 0.6) is 0 Å². The number of thioether (sulfide) groups is 1. The Morgan fingerprint density at radius 1 is 1.22 bits per heavy atom. The van der Waals surface area contributed by atoms with E-state index < -0.39 is 0 Å². The second kappa shape index (κ2) is 6.24. The standard InChI is InChI=1S/C18H21N3OS/c1-11-6-5-7-15(14(11)4)20-18(22)21-8-9-23-17-16(21)12(2)10-13(3)19-17/h5-7,10H,8-9H2,1-4H3,(H,20,22). The van der Waals surface area contributed by atoms with Crippen LogP contribution in [-0.2, 0) is 0 Å². The van der Waals surface area contributed by atoms with Gasteiger partial charge in [0, 0.05) is 23.7 Å². The minimum atomic E-state index is -0.0889. The normalized spacial score (nSPS) is 13.7. The van der Waals surface area contributed by atoms with Gasteiger partial charge in [0.1, 0.15) is 5.03 Å². The van der Waals surface area contributed by atoms with Gasteiger partial charge in [-0.2, -0.15) is 0 Å². The quantitative estimate of drug-likeness (QED) is 0.841. The van der Waals surface area contributed by atoms with E-state index in [-0.39, 0.29) is 6.03 Å². The summed E-state index contributed by atoms with van der Waals surface area (Å²) in [4.78, 5) is 19.2. The number of aromatic nitrogens is 1. The Morgan fingerprint density at radius 2 is 2.00 bits per heavy atom. The number of pyridine rings is 1. The van der Waals surface area contributed by atoms with Crippen LogP contribution in [0.2, 0.25) is 0 Å². The number of urea groups is 1. The summed E-state index contributed by atoms with van der Waals surface area (Å²) in [5.74, 6) is 0.864. The largest absolute Gasteiger partial charge is 0.326 e. The van der Waals surface area contributed by atoms with Crippen LogP contribution in [-0.4, -0.2) is 23.3 Å². The van der Waals surface area contributed by atoms with Crippen molar-refractivity contribution in [2.45, 2.75) is 32.7 Å². The highest BCUT2D eigenvalue weighted by molar-refractivity contribution is 7.99. The summed E-state index contributed by atoms with van der Waals surface area (Å²) in [5.41, 5.74) is 6.17. The van der Waals surface area contributed by atoms with E-state index in [9.17, 15) is 4.79 Å². The molecule has 1 N–H and O–H groups in total. The number of hydrogen-bond donors (Lipinski definition) is 1. The van der Waals surface area contributed by atoms with Crippen LogP contribution in [0.25, 0.3) is 0 Å². The van der Waals surface area contributed by atoms with Crippen LogP contribution >= 0.6 is 11.8 Å². The fourth-order valence-corrected chi connectivity index (χ4v) is 3.93. The first-order chi connectivity index (χ1) is 11.0. The molecule has 2 amide bonds. The van der Waals surface area contributed by atoms with Gasteiger partial charge in [0.2, 0.25) is 0 Å². The van der Waals surface area contributed by atoms with Crippen LogP contribution in [0.4, 0.5) is 16.2 Å². The minimum absolute atomic E-state index is 0.0889. The summed E-state index contributed by atoms with van der Waals surface area (Å²) in [6.45, 7) is 8.80. The van der Waals surface area contributed by atoms with Crippen LogP contribution < -0.4 is 10.2 Å². The number of anilines is 2. The molecule has 0 fully saturated rings. The highest BCUT2D eigenvalue weighted by Crippen LogP contribution is 2.36. The fourth-order valence-electron chi connectivity index (χ4n) is 2.84. The number of hydrogen-bond acceptors (Lipinski definition) is 3. The lowest BCUT2D eigenvalue weighted by Crippen LogP contribution is -2.39. The van der Waals surface area contributed by atoms with Crippen LogP contribution in [0.15, 0.2) is 29.3 Å². The molecule has 1 aromatic carbocycles. The number of nitrogens with one attached hydrogen (secondary N) is 1. The van der Waals surface area contributed by atoms with E-state index in [0.29, 0.717) is 6.54 Å². The molecule has 0 spiro atoms. The molecule has 2 heterocycles. The first kappa shape index (κ1) is 15.9. The molecule has 1 aromatic heterocycles. The Kier molecular flexibility index (Phi) is 4.31. The minimum Gasteiger partial charge on any atom is -0.307 e. The predicted molar refractivity (Wildman–Crippen MR) is 96.7 cm³/mol. The molecule has 0 bridgehead atoms. The molecule has 0 saturated heterocycles. The van der Waals surface area contributed by atoms with E-state index in [1.54, 1.807) is 11.8 Å². The number of rotatable bonds is 1. The molecule has 0 radical (unpaired) electrons. The van der Waals surface area contributed by atoms with Crippen LogP contribution in [0.1, 0.15) is 22.4 Å². The van der Waals surface area contributed by atoms with E-state index in [4.69, 9.17) is 0 Å². The van der Waals surface area contributed by atoms with Crippen molar-refractivity contribution < 1.29 is 4.79 Å². The van der Waals surface area contributed by atoms with Gasteiger partial charge in [-0.25, -0.2) is 9.78 Å². The van der Waals surface area contributed by atoms with Gasteiger partial charge < -0.3 is 5.32 Å². The molecule has 120 valence electrons. The summed E-state index contributed by atoms with van der Waals surface area (Å²) < 4.78 is 0. The number of amides is 2. The zero-order chi connectivity index (χ0) is 16.6. The molecule has 1 aliphatic rings. The number of fused-ring (bicyclic) bond motifs is 1. The molecular weight excluding hydrogens is 306 g/mol. The third-order valence-corrected chi connectivity index (χ3v) is 5.14. The molecule has 1 aliphatic heterocycles. The van der Waals surface area contributed by atoms with Crippen LogP contribution in [0.3, 0.4) is 0 Å². The van der Waals surface area contributed by atoms with Crippen molar-refractivity contribution in [2.24, 2.45) is 0 Å². The maximum Gasteiger partial charge on any atom is 0.326 e. The van der Waals surface area contributed by atoms with Crippen molar-refractivity contribution in [3.05, 3.63) is 46.6 Å². The molecule has 5 heteroatoms. The Balaban J connectivity index is 1.92. The Bertz CT molecular complexity index is 773. The Labute approximate surface area is 141 Å². The number of carbonyl (C=O) groups excluding carboxylic acids is 1. The Morgan fingerprint density at radius 3 is 2.78 bits per heavy atom. The number of aryl methyl sites for hydroxylation is 3. The highest BCUT2D eigenvalue weighted by atomic mass is 32.2. The number of carbonyl (C=O) groups is 1. The fraction of sp³-hybridized carbons (Fsp3) is 0.333. The van der Waals surface area contributed by atoms with Crippen molar-refractivity contribution in [2.75, 3.05) is 22.5 Å². The first-order valence-corrected chi connectivity index (χ1v) is 8.71. The van der Waals surface area contributed by atoms with E-state index in [1.165, 1.54) is 5.56 Å². The molecule has 0 saturated carbocycles. The Hall–Kier alpha value is -2.01. The molecular formula is C18H21N3OS. The van der Waals surface area contributed by atoms with Gasteiger partial charge in [0.15, 0.2) is 0 Å². The van der Waals surface area contributed by atoms with Crippen molar-refractivity contribution in [3.8, 4) is 0 Å². The lowest BCUT2D eigenvalue weighted by molar-refractivity contribution is 0.257. The maximum absolute atomic E-state index is 12.8. The van der Waals surface area contributed by atoms with E-state index in [0.717, 1.165) is 39.0 Å². The predicted octanol–water partition coefficient (Wildman–Crippen LogP) is 4.46. The van der Waals surface area contributed by atoms with Gasteiger partial charge in [-0.3, -0.25) is 4.90 Å². The molecule has 3 rings (SSSR count). The lowest BCUT2D eigenvalue weighted by atomic mass is 10.1. The summed E-state index contributed by atoms with van der Waals surface area (Å²) in [6.07, 6.45) is 0. The van der Waals surface area contributed by atoms with Crippen molar-refractivity contribution >= 4 is 29.2 Å². The van der Waals surface area contributed by atoms with Crippen molar-refractivity contribution in [1.29, 1.82) is 0 Å². The summed E-state index contributed by atoms with van der Waals surface area (Å²) in [6, 6.07) is 7.90. The average molecular weight is 327 g/mol. The second-order valence-electron chi connectivity index (χ2n) is 5.91. The summed E-state index contributed by atoms with van der Waals surface area (Å²) in [7, 11) is 0. The zero-order valence-electron chi connectivity index (χ0n) is 13.9. The zero-order valence-corrected chi connectivity index (χ0v) is 14.8. The summed E-state index contributed by atoms with van der Waals surface area (Å²) >= 11 is 1.72. The topological polar surface area (TPSA) is 45.2 Å². The van der Waals surface area contributed by atoms with Gasteiger partial charge in [-0.05, 0) is 56.5 Å². The van der Waals surface area contributed by atoms with Gasteiger partial charge in [-0.15, -0.1) is 11.8 Å². The lowest BCUT2D eigenvalue weighted by Gasteiger charge is -2.30. The molecule has 0 unspecified atom stereocenters. The molecule has 2 aromatic rings. The molecule has 23 heavy (non-hydrogen) atoms. The van der Waals surface area contributed by atoms with Gasteiger partial charge in [0.25, 0.3) is 0 Å². The van der Waals surface area contributed by atoms with E-state index in [1.807, 2.05) is 43.9 Å². The monoisotopic (exact) mass is 327 g/mol. The third kappa shape index (κ3) is 3.06. The third-order valence-electron chi connectivity index (χ3n) is 4.19. The number of nitrogens with zero attached hydrogens (tertiary/aromatic N) is 2. The van der Waals surface area contributed by atoms with Crippen molar-refractivity contribution in [3.63, 3.8) is 0 Å². The van der Waals surface area contributed by atoms with Crippen molar-refractivity contribution in [1.82, 2.24) is 4.98 Å². The van der Waals surface area contributed by atoms with Gasteiger partial charge in [0.05, 0.1) is 5.69 Å². The second-order valence-corrected chi connectivity index (χ2v) is 7.00. The highest BCUT2D eigenvalue weighted by Gasteiger charge is 2.26. The smallest absolute Gasteiger partial charge is 0.307 e.